The van der Waals surface area contributed by atoms with E-state index < -0.39 is 11.7 Å². The molecule has 30 heavy (non-hydrogen) atoms. The summed E-state index contributed by atoms with van der Waals surface area (Å²) in [7, 11) is 0. The van der Waals surface area contributed by atoms with Crippen molar-refractivity contribution in [3.63, 3.8) is 0 Å². The summed E-state index contributed by atoms with van der Waals surface area (Å²) in [6.07, 6.45) is 1.06. The van der Waals surface area contributed by atoms with Crippen LogP contribution in [0.2, 0.25) is 0 Å². The number of ether oxygens (including phenoxy) is 1. The van der Waals surface area contributed by atoms with Crippen LogP contribution in [0, 0.1) is 11.8 Å². The van der Waals surface area contributed by atoms with E-state index in [-0.39, 0.29) is 24.3 Å². The molecule has 1 saturated heterocycles. The van der Waals surface area contributed by atoms with Gasteiger partial charge in [0.15, 0.2) is 0 Å². The van der Waals surface area contributed by atoms with Crippen molar-refractivity contribution in [2.24, 2.45) is 11.8 Å². The molecule has 1 aliphatic heterocycles. The van der Waals surface area contributed by atoms with Crippen molar-refractivity contribution in [3.8, 4) is 0 Å². The summed E-state index contributed by atoms with van der Waals surface area (Å²) in [6, 6.07) is 4.99. The Morgan fingerprint density at radius 2 is 1.93 bits per heavy atom. The highest BCUT2D eigenvalue weighted by atomic mass is 19.4. The molecule has 1 aromatic carbocycles. The summed E-state index contributed by atoms with van der Waals surface area (Å²) in [4.78, 5) is 12.7. The van der Waals surface area contributed by atoms with E-state index in [0.717, 1.165) is 63.4 Å². The topological polar surface area (TPSA) is 50.4 Å². The lowest BCUT2D eigenvalue weighted by molar-refractivity contribution is -0.137. The number of benzene rings is 1. The first kappa shape index (κ1) is 21.6. The van der Waals surface area contributed by atoms with Gasteiger partial charge in [-0.15, -0.1) is 0 Å². The van der Waals surface area contributed by atoms with Crippen LogP contribution in [0.4, 0.5) is 13.2 Å². The largest absolute Gasteiger partial charge is 0.416 e. The Labute approximate surface area is 175 Å². The van der Waals surface area contributed by atoms with E-state index in [1.165, 1.54) is 6.07 Å². The van der Waals surface area contributed by atoms with Crippen molar-refractivity contribution in [2.75, 3.05) is 13.2 Å². The Kier molecular flexibility index (Phi) is 6.39. The van der Waals surface area contributed by atoms with Crippen molar-refractivity contribution in [1.82, 2.24) is 10.6 Å². The maximum absolute atomic E-state index is 13.2. The van der Waals surface area contributed by atoms with Crippen molar-refractivity contribution >= 4 is 5.91 Å². The zero-order chi connectivity index (χ0) is 21.3. The van der Waals surface area contributed by atoms with E-state index in [9.17, 15) is 18.0 Å². The highest BCUT2D eigenvalue weighted by molar-refractivity contribution is 5.79. The molecule has 166 valence electrons. The van der Waals surface area contributed by atoms with Crippen LogP contribution >= 0.6 is 0 Å². The number of nitrogens with one attached hydrogen (secondary N) is 2. The summed E-state index contributed by atoms with van der Waals surface area (Å²) >= 11 is 0. The van der Waals surface area contributed by atoms with E-state index >= 15 is 0 Å². The molecule has 2 N–H and O–H groups in total. The minimum atomic E-state index is -4.37. The van der Waals surface area contributed by atoms with Gasteiger partial charge in [0.25, 0.3) is 0 Å². The number of amides is 1. The van der Waals surface area contributed by atoms with E-state index in [1.54, 1.807) is 0 Å². The number of hydrogen-bond acceptors (Lipinski definition) is 3. The van der Waals surface area contributed by atoms with E-state index in [2.05, 4.69) is 17.6 Å². The van der Waals surface area contributed by atoms with Crippen LogP contribution in [0.25, 0.3) is 0 Å². The molecule has 4 rings (SSSR count). The molecule has 0 radical (unpaired) electrons. The van der Waals surface area contributed by atoms with Gasteiger partial charge in [-0.3, -0.25) is 4.79 Å². The van der Waals surface area contributed by atoms with Gasteiger partial charge in [-0.1, -0.05) is 13.0 Å². The predicted molar refractivity (Wildman–Crippen MR) is 108 cm³/mol. The van der Waals surface area contributed by atoms with Gasteiger partial charge in [0.05, 0.1) is 12.2 Å². The third-order valence-electron chi connectivity index (χ3n) is 6.75. The fourth-order valence-electron chi connectivity index (χ4n) is 4.77. The normalized spacial score (nSPS) is 29.7. The number of carbonyl (C=O) groups is 1. The second kappa shape index (κ2) is 8.87. The van der Waals surface area contributed by atoms with Gasteiger partial charge in [0.1, 0.15) is 0 Å². The molecule has 0 spiro atoms. The third kappa shape index (κ3) is 5.35. The molecule has 3 unspecified atom stereocenters. The second-order valence-electron chi connectivity index (χ2n) is 9.27. The Balaban J connectivity index is 1.31. The van der Waals surface area contributed by atoms with Crippen molar-refractivity contribution in [3.05, 3.63) is 34.9 Å². The minimum absolute atomic E-state index is 0.0512. The maximum atomic E-state index is 13.2. The first-order valence-corrected chi connectivity index (χ1v) is 11.1. The standard InChI is InChI=1S/C23H31F3N2O2/c1-14-13-30-7-6-21(14)28-20-5-4-17(11-20)22(29)27-12-15-8-18(16-2-3-16)10-19(9-15)23(24,25)26/h8-10,14,16-17,20-21,28H,2-7,11-13H2,1H3,(H,27,29)/t14?,17?,20-,21?/m1/s1. The molecule has 7 heteroatoms. The van der Waals surface area contributed by atoms with Crippen molar-refractivity contribution in [2.45, 2.75) is 76.2 Å². The third-order valence-corrected chi connectivity index (χ3v) is 6.75. The lowest BCUT2D eigenvalue weighted by Gasteiger charge is -2.32. The summed E-state index contributed by atoms with van der Waals surface area (Å²) in [5.41, 5.74) is 0.653. The summed E-state index contributed by atoms with van der Waals surface area (Å²) in [6.45, 7) is 3.88. The summed E-state index contributed by atoms with van der Waals surface area (Å²) in [5.74, 6) is 0.570. The molecule has 3 aliphatic rings. The highest BCUT2D eigenvalue weighted by Crippen LogP contribution is 2.42. The molecule has 4 atom stereocenters. The molecule has 1 heterocycles. The fraction of sp³-hybridized carbons (Fsp3) is 0.696. The molecule has 0 aromatic heterocycles. The first-order chi connectivity index (χ1) is 14.3. The molecule has 1 amide bonds. The first-order valence-electron chi connectivity index (χ1n) is 11.1. The Morgan fingerprint density at radius 3 is 2.63 bits per heavy atom. The van der Waals surface area contributed by atoms with E-state index in [1.807, 2.05) is 6.07 Å². The molecule has 1 aromatic rings. The highest BCUT2D eigenvalue weighted by Gasteiger charge is 2.35. The minimum Gasteiger partial charge on any atom is -0.381 e. The van der Waals surface area contributed by atoms with E-state index in [4.69, 9.17) is 4.74 Å². The summed E-state index contributed by atoms with van der Waals surface area (Å²) in [5, 5.41) is 6.58. The van der Waals surface area contributed by atoms with Crippen LogP contribution in [-0.4, -0.2) is 31.2 Å². The number of rotatable bonds is 6. The predicted octanol–water partition coefficient (Wildman–Crippen LogP) is 4.38. The number of alkyl halides is 3. The molecule has 2 aliphatic carbocycles. The molecular weight excluding hydrogens is 393 g/mol. The lowest BCUT2D eigenvalue weighted by atomic mass is 9.96. The van der Waals surface area contributed by atoms with Crippen LogP contribution in [0.5, 0.6) is 0 Å². The number of halogens is 3. The van der Waals surface area contributed by atoms with Crippen LogP contribution in [0.15, 0.2) is 18.2 Å². The summed E-state index contributed by atoms with van der Waals surface area (Å²) < 4.78 is 45.2. The monoisotopic (exact) mass is 424 g/mol. The van der Waals surface area contributed by atoms with Crippen LogP contribution < -0.4 is 10.6 Å². The number of carbonyl (C=O) groups excluding carboxylic acids is 1. The molecule has 2 saturated carbocycles. The van der Waals surface area contributed by atoms with Gasteiger partial charge in [-0.05, 0) is 73.6 Å². The zero-order valence-electron chi connectivity index (χ0n) is 17.4. The van der Waals surface area contributed by atoms with Crippen molar-refractivity contribution in [1.29, 1.82) is 0 Å². The Morgan fingerprint density at radius 1 is 1.13 bits per heavy atom. The lowest BCUT2D eigenvalue weighted by Crippen LogP contribution is -2.45. The molecule has 0 bridgehead atoms. The van der Waals surface area contributed by atoms with Gasteiger partial charge in [0, 0.05) is 31.2 Å². The second-order valence-corrected chi connectivity index (χ2v) is 9.27. The van der Waals surface area contributed by atoms with Crippen LogP contribution in [0.1, 0.15) is 68.1 Å². The Hall–Kier alpha value is -1.60. The fourth-order valence-corrected chi connectivity index (χ4v) is 4.77. The SMILES string of the molecule is CC1COCCC1N[C@@H]1CCC(C(=O)NCc2cc(C3CC3)cc(C(F)(F)F)c2)C1. The quantitative estimate of drug-likeness (QED) is 0.713. The average molecular weight is 425 g/mol. The van der Waals surface area contributed by atoms with E-state index in [0.29, 0.717) is 23.6 Å². The Bertz CT molecular complexity index is 763. The smallest absolute Gasteiger partial charge is 0.381 e. The van der Waals surface area contributed by atoms with Crippen LogP contribution in [0.3, 0.4) is 0 Å². The van der Waals surface area contributed by atoms with Gasteiger partial charge < -0.3 is 15.4 Å². The number of hydrogen-bond donors (Lipinski definition) is 2. The molecular formula is C23H31F3N2O2. The molecule has 3 fully saturated rings. The van der Waals surface area contributed by atoms with Gasteiger partial charge in [0.2, 0.25) is 5.91 Å². The molecule has 4 nitrogen and oxygen atoms in total. The average Bonchev–Trinajstić information content (AvgIpc) is 3.46. The van der Waals surface area contributed by atoms with Gasteiger partial charge in [-0.25, -0.2) is 0 Å². The van der Waals surface area contributed by atoms with Gasteiger partial charge in [-0.2, -0.15) is 13.2 Å². The van der Waals surface area contributed by atoms with Gasteiger partial charge >= 0.3 is 6.18 Å². The van der Waals surface area contributed by atoms with Crippen LogP contribution in [-0.2, 0) is 22.3 Å². The zero-order valence-corrected chi connectivity index (χ0v) is 17.4. The van der Waals surface area contributed by atoms with Crippen molar-refractivity contribution < 1.29 is 22.7 Å². The maximum Gasteiger partial charge on any atom is 0.416 e.